The molecule has 4 heteroatoms. The highest BCUT2D eigenvalue weighted by atomic mass is 32.2. The lowest BCUT2D eigenvalue weighted by molar-refractivity contribution is 0.247. The molecule has 1 atom stereocenters. The van der Waals surface area contributed by atoms with Gasteiger partial charge in [-0.3, -0.25) is 4.90 Å². The van der Waals surface area contributed by atoms with Crippen molar-refractivity contribution >= 4 is 29.0 Å². The molecule has 2 N–H and O–H groups in total. The second kappa shape index (κ2) is 5.51. The normalized spacial score (nSPS) is 24.5. The van der Waals surface area contributed by atoms with Gasteiger partial charge in [0.05, 0.1) is 11.0 Å². The van der Waals surface area contributed by atoms with Gasteiger partial charge in [-0.05, 0) is 12.8 Å². The summed E-state index contributed by atoms with van der Waals surface area (Å²) in [5.74, 6) is 1.19. The molecule has 2 nitrogen and oxygen atoms in total. The molecule has 0 saturated carbocycles. The van der Waals surface area contributed by atoms with Gasteiger partial charge in [0, 0.05) is 23.6 Å². The molecule has 0 amide bonds. The van der Waals surface area contributed by atoms with Gasteiger partial charge in [0.1, 0.15) is 0 Å². The molecule has 1 rings (SSSR count). The highest BCUT2D eigenvalue weighted by Crippen LogP contribution is 2.31. The molecule has 15 heavy (non-hydrogen) atoms. The first-order chi connectivity index (χ1) is 6.96. The zero-order valence-corrected chi connectivity index (χ0v) is 11.6. The van der Waals surface area contributed by atoms with Crippen LogP contribution >= 0.6 is 24.0 Å². The first-order valence-electron chi connectivity index (χ1n) is 5.63. The second-order valence-electron chi connectivity index (χ2n) is 4.72. The molecule has 1 fully saturated rings. The molecule has 0 spiro atoms. The fraction of sp³-hybridized carbons (Fsp3) is 0.909. The van der Waals surface area contributed by atoms with Crippen LogP contribution in [0.1, 0.15) is 33.6 Å². The number of nitrogens with zero attached hydrogens (tertiary/aromatic N) is 1. The lowest BCUT2D eigenvalue weighted by atomic mass is 10.1. The van der Waals surface area contributed by atoms with Crippen LogP contribution in [-0.2, 0) is 0 Å². The zero-order chi connectivity index (χ0) is 11.5. The van der Waals surface area contributed by atoms with Crippen molar-refractivity contribution in [3.63, 3.8) is 0 Å². The molecule has 1 aliphatic rings. The van der Waals surface area contributed by atoms with E-state index < -0.39 is 0 Å². The smallest absolute Gasteiger partial charge is 0.0901 e. The Morgan fingerprint density at radius 3 is 2.73 bits per heavy atom. The van der Waals surface area contributed by atoms with Crippen molar-refractivity contribution in [2.75, 3.05) is 18.8 Å². The first-order valence-corrected chi connectivity index (χ1v) is 7.03. The minimum Gasteiger partial charge on any atom is -0.392 e. The van der Waals surface area contributed by atoms with E-state index in [4.69, 9.17) is 18.0 Å². The van der Waals surface area contributed by atoms with E-state index >= 15 is 0 Å². The lowest BCUT2D eigenvalue weighted by Gasteiger charge is -2.29. The average molecular weight is 246 g/mol. The van der Waals surface area contributed by atoms with Crippen molar-refractivity contribution in [2.45, 2.75) is 44.4 Å². The van der Waals surface area contributed by atoms with Gasteiger partial charge in [0.25, 0.3) is 0 Å². The van der Waals surface area contributed by atoms with Gasteiger partial charge in [-0.15, -0.1) is 0 Å². The number of hydrogen-bond donors (Lipinski definition) is 1. The van der Waals surface area contributed by atoms with Crippen molar-refractivity contribution in [3.05, 3.63) is 0 Å². The topological polar surface area (TPSA) is 29.3 Å². The third-order valence-corrected chi connectivity index (χ3v) is 4.67. The summed E-state index contributed by atoms with van der Waals surface area (Å²) in [7, 11) is 0. The summed E-state index contributed by atoms with van der Waals surface area (Å²) in [6.07, 6.45) is 2.25. The van der Waals surface area contributed by atoms with Crippen LogP contribution in [0, 0.1) is 0 Å². The van der Waals surface area contributed by atoms with Crippen LogP contribution in [0.15, 0.2) is 0 Å². The summed E-state index contributed by atoms with van der Waals surface area (Å²) in [5, 5.41) is 0. The summed E-state index contributed by atoms with van der Waals surface area (Å²) in [6.45, 7) is 9.04. The van der Waals surface area contributed by atoms with Crippen LogP contribution in [-0.4, -0.2) is 39.5 Å². The van der Waals surface area contributed by atoms with Gasteiger partial charge in [-0.1, -0.05) is 33.0 Å². The van der Waals surface area contributed by atoms with E-state index in [9.17, 15) is 0 Å². The summed E-state index contributed by atoms with van der Waals surface area (Å²) in [6, 6.07) is 0.300. The molecule has 1 aliphatic heterocycles. The maximum Gasteiger partial charge on any atom is 0.0901 e. The molecule has 1 heterocycles. The maximum absolute atomic E-state index is 5.78. The Hall–Kier alpha value is 0.200. The predicted molar refractivity (Wildman–Crippen MR) is 73.6 cm³/mol. The van der Waals surface area contributed by atoms with Crippen LogP contribution < -0.4 is 5.73 Å². The summed E-state index contributed by atoms with van der Waals surface area (Å²) < 4.78 is 0.406. The fourth-order valence-electron chi connectivity index (χ4n) is 1.99. The Bertz CT molecular complexity index is 229. The quantitative estimate of drug-likeness (QED) is 0.774. The Kier molecular flexibility index (Phi) is 4.87. The van der Waals surface area contributed by atoms with Crippen molar-refractivity contribution in [3.8, 4) is 0 Å². The monoisotopic (exact) mass is 246 g/mol. The van der Waals surface area contributed by atoms with Gasteiger partial charge in [-0.2, -0.15) is 11.8 Å². The molecule has 0 bridgehead atoms. The Morgan fingerprint density at radius 2 is 2.20 bits per heavy atom. The van der Waals surface area contributed by atoms with E-state index in [1.54, 1.807) is 0 Å². The molecule has 1 saturated heterocycles. The molecule has 0 aromatic carbocycles. The summed E-state index contributed by atoms with van der Waals surface area (Å²) >= 11 is 7.19. The van der Waals surface area contributed by atoms with Gasteiger partial charge < -0.3 is 5.73 Å². The van der Waals surface area contributed by atoms with E-state index in [-0.39, 0.29) is 0 Å². The van der Waals surface area contributed by atoms with Gasteiger partial charge in [0.15, 0.2) is 0 Å². The SMILES string of the molecule is CCC(C(N)=S)N1CCSC(C)(C)CC1. The van der Waals surface area contributed by atoms with E-state index in [2.05, 4.69) is 37.4 Å². The number of thioether (sulfide) groups is 1. The van der Waals surface area contributed by atoms with Crippen molar-refractivity contribution in [2.24, 2.45) is 5.73 Å². The summed E-state index contributed by atoms with van der Waals surface area (Å²) in [4.78, 5) is 3.10. The van der Waals surface area contributed by atoms with Crippen LogP contribution in [0.5, 0.6) is 0 Å². The summed E-state index contributed by atoms with van der Waals surface area (Å²) in [5.41, 5.74) is 5.78. The van der Waals surface area contributed by atoms with Crippen LogP contribution in [0.25, 0.3) is 0 Å². The average Bonchev–Trinajstić information content (AvgIpc) is 2.28. The van der Waals surface area contributed by atoms with Gasteiger partial charge >= 0.3 is 0 Å². The zero-order valence-electron chi connectivity index (χ0n) is 9.95. The Labute approximate surface area is 103 Å². The molecular weight excluding hydrogens is 224 g/mol. The first kappa shape index (κ1) is 13.3. The highest BCUT2D eigenvalue weighted by Gasteiger charge is 2.27. The predicted octanol–water partition coefficient (Wildman–Crippen LogP) is 2.27. The number of nitrogens with two attached hydrogens (primary N) is 1. The molecular formula is C11H22N2S2. The maximum atomic E-state index is 5.78. The van der Waals surface area contributed by atoms with Crippen molar-refractivity contribution in [1.82, 2.24) is 4.90 Å². The van der Waals surface area contributed by atoms with Crippen molar-refractivity contribution < 1.29 is 0 Å². The molecule has 0 aromatic heterocycles. The number of thiocarbonyl (C=S) groups is 1. The third-order valence-electron chi connectivity index (χ3n) is 3.03. The van der Waals surface area contributed by atoms with E-state index in [0.717, 1.165) is 19.5 Å². The second-order valence-corrected chi connectivity index (χ2v) is 6.99. The minimum atomic E-state index is 0.300. The van der Waals surface area contributed by atoms with E-state index in [1.807, 2.05) is 0 Å². The molecule has 1 unspecified atom stereocenters. The number of hydrogen-bond acceptors (Lipinski definition) is 3. The van der Waals surface area contributed by atoms with Crippen LogP contribution in [0.3, 0.4) is 0 Å². The standard InChI is InChI=1S/C11H22N2S2/c1-4-9(10(12)14)13-6-5-11(2,3)15-8-7-13/h9H,4-8H2,1-3H3,(H2,12,14). The Morgan fingerprint density at radius 1 is 1.53 bits per heavy atom. The highest BCUT2D eigenvalue weighted by molar-refractivity contribution is 8.00. The third kappa shape index (κ3) is 3.93. The molecule has 0 aromatic rings. The van der Waals surface area contributed by atoms with Gasteiger partial charge in [0.2, 0.25) is 0 Å². The molecule has 88 valence electrons. The Balaban J connectivity index is 2.60. The van der Waals surface area contributed by atoms with Crippen molar-refractivity contribution in [1.29, 1.82) is 0 Å². The van der Waals surface area contributed by atoms with E-state index in [1.165, 1.54) is 12.2 Å². The lowest BCUT2D eigenvalue weighted by Crippen LogP contribution is -2.44. The fourth-order valence-corrected chi connectivity index (χ4v) is 3.42. The molecule has 0 radical (unpaired) electrons. The minimum absolute atomic E-state index is 0.300. The van der Waals surface area contributed by atoms with Gasteiger partial charge in [-0.25, -0.2) is 0 Å². The van der Waals surface area contributed by atoms with Crippen LogP contribution in [0.4, 0.5) is 0 Å². The largest absolute Gasteiger partial charge is 0.392 e. The van der Waals surface area contributed by atoms with E-state index in [0.29, 0.717) is 15.8 Å². The number of rotatable bonds is 3. The van der Waals surface area contributed by atoms with Crippen LogP contribution in [0.2, 0.25) is 0 Å². The molecule has 0 aliphatic carbocycles.